The molecule has 0 radical (unpaired) electrons. The first-order valence-electron chi connectivity index (χ1n) is 6.42. The van der Waals surface area contributed by atoms with Crippen molar-refractivity contribution >= 4 is 16.6 Å². The van der Waals surface area contributed by atoms with Crippen molar-refractivity contribution in [3.63, 3.8) is 0 Å². The van der Waals surface area contributed by atoms with Crippen molar-refractivity contribution in [2.75, 3.05) is 5.73 Å². The van der Waals surface area contributed by atoms with Crippen molar-refractivity contribution in [1.82, 2.24) is 19.7 Å². The van der Waals surface area contributed by atoms with Crippen LogP contribution in [0.4, 0.5) is 5.69 Å². The third-order valence-corrected chi connectivity index (χ3v) is 3.43. The third kappa shape index (κ3) is 2.12. The average molecular weight is 285 g/mol. The number of anilines is 1. The summed E-state index contributed by atoms with van der Waals surface area (Å²) < 4.78 is 7.62. The molecule has 3 rings (SSSR count). The zero-order chi connectivity index (χ0) is 15.1. The van der Waals surface area contributed by atoms with Gasteiger partial charge in [-0.25, -0.2) is 4.98 Å². The van der Waals surface area contributed by atoms with Gasteiger partial charge in [0.2, 0.25) is 0 Å². The number of aromatic amines is 1. The number of nitrogen functional groups attached to an aromatic ring is 1. The van der Waals surface area contributed by atoms with Gasteiger partial charge >= 0.3 is 0 Å². The molecule has 0 unspecified atom stereocenters. The van der Waals surface area contributed by atoms with Gasteiger partial charge in [0.05, 0.1) is 28.6 Å². The Labute approximate surface area is 120 Å². The second-order valence-corrected chi connectivity index (χ2v) is 4.86. The first kappa shape index (κ1) is 13.2. The molecule has 2 heterocycles. The van der Waals surface area contributed by atoms with Crippen LogP contribution in [0.5, 0.6) is 11.5 Å². The molecular formula is C14H15N5O2. The normalized spacial score (nSPS) is 11.0. The molecule has 3 aromatic rings. The molecule has 0 saturated carbocycles. The smallest absolute Gasteiger partial charge is 0.258 e. The number of benzene rings is 1. The third-order valence-electron chi connectivity index (χ3n) is 3.43. The van der Waals surface area contributed by atoms with Crippen LogP contribution in [-0.2, 0) is 7.05 Å². The highest BCUT2D eigenvalue weighted by atomic mass is 16.5. The Bertz CT molecular complexity index is 894. The summed E-state index contributed by atoms with van der Waals surface area (Å²) in [5.41, 5.74) is 8.32. The zero-order valence-corrected chi connectivity index (χ0v) is 12.0. The van der Waals surface area contributed by atoms with Crippen LogP contribution in [0.1, 0.15) is 11.4 Å². The van der Waals surface area contributed by atoms with Crippen LogP contribution in [0.3, 0.4) is 0 Å². The largest absolute Gasteiger partial charge is 0.451 e. The molecular weight excluding hydrogens is 270 g/mol. The molecule has 7 nitrogen and oxygen atoms in total. The Kier molecular flexibility index (Phi) is 2.90. The van der Waals surface area contributed by atoms with Crippen LogP contribution in [-0.4, -0.2) is 19.7 Å². The molecule has 7 heteroatoms. The van der Waals surface area contributed by atoms with Gasteiger partial charge in [0.15, 0.2) is 11.5 Å². The molecule has 0 saturated heterocycles. The maximum absolute atomic E-state index is 11.7. The summed E-state index contributed by atoms with van der Waals surface area (Å²) in [7, 11) is 1.85. The molecule has 2 aromatic heterocycles. The molecule has 0 aliphatic heterocycles. The first-order valence-corrected chi connectivity index (χ1v) is 6.42. The number of nitrogens with one attached hydrogen (secondary N) is 1. The fourth-order valence-electron chi connectivity index (χ4n) is 2.21. The van der Waals surface area contributed by atoms with E-state index in [1.165, 1.54) is 6.33 Å². The number of nitrogens with zero attached hydrogens (tertiary/aromatic N) is 3. The van der Waals surface area contributed by atoms with E-state index in [0.29, 0.717) is 28.1 Å². The Balaban J connectivity index is 2.13. The van der Waals surface area contributed by atoms with Crippen molar-refractivity contribution in [3.05, 3.63) is 40.2 Å². The lowest BCUT2D eigenvalue weighted by Gasteiger charge is -2.09. The summed E-state index contributed by atoms with van der Waals surface area (Å²) in [6, 6.07) is 3.23. The minimum absolute atomic E-state index is 0.230. The molecule has 0 fully saturated rings. The SMILES string of the molecule is Cc1nn(C)c(C)c1Oc1cc2nc[nH]c(=O)c2cc1N. The van der Waals surface area contributed by atoms with Crippen molar-refractivity contribution in [2.45, 2.75) is 13.8 Å². The average Bonchev–Trinajstić information content (AvgIpc) is 2.67. The van der Waals surface area contributed by atoms with Gasteiger partial charge in [-0.05, 0) is 19.9 Å². The van der Waals surface area contributed by atoms with E-state index in [0.717, 1.165) is 11.4 Å². The van der Waals surface area contributed by atoms with Crippen LogP contribution in [0.15, 0.2) is 23.3 Å². The molecule has 3 N–H and O–H groups in total. The predicted octanol–water partition coefficient (Wildman–Crippen LogP) is 1.65. The van der Waals surface area contributed by atoms with E-state index in [2.05, 4.69) is 15.1 Å². The van der Waals surface area contributed by atoms with E-state index in [1.54, 1.807) is 16.8 Å². The lowest BCUT2D eigenvalue weighted by atomic mass is 10.2. The summed E-state index contributed by atoms with van der Waals surface area (Å²) in [5, 5.41) is 4.73. The van der Waals surface area contributed by atoms with Gasteiger partial charge in [0.25, 0.3) is 5.56 Å². The van der Waals surface area contributed by atoms with Gasteiger partial charge in [0, 0.05) is 13.1 Å². The Hall–Kier alpha value is -2.83. The van der Waals surface area contributed by atoms with Crippen LogP contribution in [0.2, 0.25) is 0 Å². The summed E-state index contributed by atoms with van der Waals surface area (Å²) >= 11 is 0. The number of nitrogens with two attached hydrogens (primary N) is 1. The van der Waals surface area contributed by atoms with Gasteiger partial charge in [-0.15, -0.1) is 0 Å². The fraction of sp³-hybridized carbons (Fsp3) is 0.214. The van der Waals surface area contributed by atoms with Crippen LogP contribution < -0.4 is 16.0 Å². The second kappa shape index (κ2) is 4.62. The van der Waals surface area contributed by atoms with E-state index in [4.69, 9.17) is 10.5 Å². The molecule has 0 amide bonds. The lowest BCUT2D eigenvalue weighted by Crippen LogP contribution is -2.07. The summed E-state index contributed by atoms with van der Waals surface area (Å²) in [4.78, 5) is 18.3. The molecule has 1 aromatic carbocycles. The second-order valence-electron chi connectivity index (χ2n) is 4.86. The molecule has 0 spiro atoms. The molecule has 108 valence electrons. The van der Waals surface area contributed by atoms with E-state index in [-0.39, 0.29) is 5.56 Å². The summed E-state index contributed by atoms with van der Waals surface area (Å²) in [6.07, 6.45) is 1.35. The standard InChI is InChI=1S/C14H15N5O2/c1-7-13(8(2)19(3)18-7)21-12-5-11-9(4-10(12)15)14(20)17-6-16-11/h4-6H,15H2,1-3H3,(H,16,17,20). The van der Waals surface area contributed by atoms with Crippen molar-refractivity contribution in [2.24, 2.45) is 7.05 Å². The first-order chi connectivity index (χ1) is 9.97. The highest BCUT2D eigenvalue weighted by Gasteiger charge is 2.14. The molecule has 0 aliphatic rings. The number of ether oxygens (including phenoxy) is 1. The van der Waals surface area contributed by atoms with Crippen LogP contribution >= 0.6 is 0 Å². The lowest BCUT2D eigenvalue weighted by molar-refractivity contribution is 0.477. The quantitative estimate of drug-likeness (QED) is 0.697. The topological polar surface area (TPSA) is 98.8 Å². The molecule has 0 bridgehead atoms. The minimum Gasteiger partial charge on any atom is -0.451 e. The number of hydrogen-bond acceptors (Lipinski definition) is 5. The van der Waals surface area contributed by atoms with Crippen molar-refractivity contribution in [3.8, 4) is 11.5 Å². The van der Waals surface area contributed by atoms with E-state index in [9.17, 15) is 4.79 Å². The summed E-state index contributed by atoms with van der Waals surface area (Å²) in [5.74, 6) is 1.12. The maximum atomic E-state index is 11.7. The summed E-state index contributed by atoms with van der Waals surface area (Å²) in [6.45, 7) is 3.78. The Morgan fingerprint density at radius 3 is 2.76 bits per heavy atom. The van der Waals surface area contributed by atoms with Gasteiger partial charge in [0.1, 0.15) is 5.69 Å². The van der Waals surface area contributed by atoms with Crippen LogP contribution in [0.25, 0.3) is 10.9 Å². The number of hydrogen-bond donors (Lipinski definition) is 2. The van der Waals surface area contributed by atoms with E-state index in [1.807, 2.05) is 20.9 Å². The van der Waals surface area contributed by atoms with E-state index >= 15 is 0 Å². The molecule has 0 atom stereocenters. The number of aryl methyl sites for hydroxylation is 2. The fourth-order valence-corrected chi connectivity index (χ4v) is 2.21. The van der Waals surface area contributed by atoms with Crippen molar-refractivity contribution < 1.29 is 4.74 Å². The van der Waals surface area contributed by atoms with E-state index < -0.39 is 0 Å². The number of fused-ring (bicyclic) bond motifs is 1. The van der Waals surface area contributed by atoms with Gasteiger partial charge < -0.3 is 15.5 Å². The Morgan fingerprint density at radius 1 is 1.33 bits per heavy atom. The minimum atomic E-state index is -0.230. The number of aromatic nitrogens is 4. The zero-order valence-electron chi connectivity index (χ0n) is 12.0. The molecule has 0 aliphatic carbocycles. The van der Waals surface area contributed by atoms with Gasteiger partial charge in [-0.1, -0.05) is 0 Å². The molecule has 21 heavy (non-hydrogen) atoms. The van der Waals surface area contributed by atoms with Crippen LogP contribution in [0, 0.1) is 13.8 Å². The van der Waals surface area contributed by atoms with Crippen molar-refractivity contribution in [1.29, 1.82) is 0 Å². The maximum Gasteiger partial charge on any atom is 0.258 e. The highest BCUT2D eigenvalue weighted by molar-refractivity contribution is 5.84. The monoisotopic (exact) mass is 285 g/mol. The van der Waals surface area contributed by atoms with Gasteiger partial charge in [-0.2, -0.15) is 5.10 Å². The number of rotatable bonds is 2. The highest BCUT2D eigenvalue weighted by Crippen LogP contribution is 2.33. The van der Waals surface area contributed by atoms with Gasteiger partial charge in [-0.3, -0.25) is 9.48 Å². The predicted molar refractivity (Wildman–Crippen MR) is 79.5 cm³/mol. The Morgan fingerprint density at radius 2 is 2.10 bits per heavy atom. The number of H-pyrrole nitrogens is 1.